The molecular formula is C21H20ClN3O2. The molecule has 3 aromatic rings. The third kappa shape index (κ3) is 3.08. The third-order valence-electron chi connectivity index (χ3n) is 4.97. The second-order valence-electron chi connectivity index (χ2n) is 6.89. The highest BCUT2D eigenvalue weighted by molar-refractivity contribution is 6.31. The van der Waals surface area contributed by atoms with Gasteiger partial charge in [0, 0.05) is 36.1 Å². The second kappa shape index (κ2) is 6.74. The molecule has 1 N–H and O–H groups in total. The molecule has 0 spiro atoms. The second-order valence-corrected chi connectivity index (χ2v) is 7.33. The van der Waals surface area contributed by atoms with Crippen molar-refractivity contribution in [3.8, 4) is 0 Å². The van der Waals surface area contributed by atoms with Crippen molar-refractivity contribution in [2.75, 3.05) is 16.8 Å². The molecule has 0 unspecified atom stereocenters. The lowest BCUT2D eigenvalue weighted by Crippen LogP contribution is -2.27. The monoisotopic (exact) mass is 381 g/mol. The zero-order chi connectivity index (χ0) is 19.1. The van der Waals surface area contributed by atoms with Crippen LogP contribution in [0.15, 0.2) is 42.5 Å². The minimum absolute atomic E-state index is 0.0563. The molecule has 1 saturated heterocycles. The lowest BCUT2D eigenvalue weighted by Gasteiger charge is -2.18. The number of amides is 2. The van der Waals surface area contributed by atoms with Gasteiger partial charge < -0.3 is 14.8 Å². The van der Waals surface area contributed by atoms with Gasteiger partial charge in [-0.3, -0.25) is 9.59 Å². The van der Waals surface area contributed by atoms with Gasteiger partial charge in [-0.2, -0.15) is 0 Å². The van der Waals surface area contributed by atoms with Crippen LogP contribution in [0.4, 0.5) is 11.4 Å². The molecular weight excluding hydrogens is 362 g/mol. The molecule has 0 radical (unpaired) electrons. The van der Waals surface area contributed by atoms with E-state index in [2.05, 4.69) is 5.32 Å². The first-order valence-electron chi connectivity index (χ1n) is 8.92. The Morgan fingerprint density at radius 3 is 2.70 bits per heavy atom. The quantitative estimate of drug-likeness (QED) is 0.725. The van der Waals surface area contributed by atoms with Gasteiger partial charge in [0.25, 0.3) is 5.91 Å². The Morgan fingerprint density at radius 1 is 1.19 bits per heavy atom. The van der Waals surface area contributed by atoms with Crippen molar-refractivity contribution in [1.29, 1.82) is 0 Å². The topological polar surface area (TPSA) is 54.3 Å². The number of benzene rings is 2. The Hall–Kier alpha value is -2.79. The Morgan fingerprint density at radius 2 is 2.00 bits per heavy atom. The first kappa shape index (κ1) is 17.6. The van der Waals surface area contributed by atoms with Gasteiger partial charge in [0.15, 0.2) is 0 Å². The van der Waals surface area contributed by atoms with E-state index < -0.39 is 0 Å². The summed E-state index contributed by atoms with van der Waals surface area (Å²) in [4.78, 5) is 27.4. The molecule has 0 atom stereocenters. The Kier molecular flexibility index (Phi) is 4.40. The molecule has 27 heavy (non-hydrogen) atoms. The van der Waals surface area contributed by atoms with E-state index in [0.717, 1.165) is 22.9 Å². The van der Waals surface area contributed by atoms with E-state index in [1.807, 2.05) is 36.7 Å². The number of anilines is 2. The zero-order valence-corrected chi connectivity index (χ0v) is 16.0. The van der Waals surface area contributed by atoms with Crippen molar-refractivity contribution in [1.82, 2.24) is 4.57 Å². The lowest BCUT2D eigenvalue weighted by atomic mass is 10.1. The van der Waals surface area contributed by atoms with Crippen LogP contribution in [0.1, 0.15) is 28.9 Å². The third-order valence-corrected chi connectivity index (χ3v) is 5.20. The van der Waals surface area contributed by atoms with E-state index in [0.29, 0.717) is 35.1 Å². The number of nitrogens with zero attached hydrogens (tertiary/aromatic N) is 2. The van der Waals surface area contributed by atoms with Crippen molar-refractivity contribution in [2.45, 2.75) is 19.8 Å². The van der Waals surface area contributed by atoms with Crippen LogP contribution >= 0.6 is 11.6 Å². The molecule has 1 aromatic heterocycles. The fourth-order valence-electron chi connectivity index (χ4n) is 3.71. The Bertz CT molecular complexity index is 1070. The SMILES string of the molecule is Cc1ccc2c(c1)c(N1CCCC1=O)c(C(=O)Nc1cccc(Cl)c1)n2C. The molecule has 6 heteroatoms. The zero-order valence-electron chi connectivity index (χ0n) is 15.3. The average molecular weight is 382 g/mol. The summed E-state index contributed by atoms with van der Waals surface area (Å²) in [6.07, 6.45) is 1.31. The number of nitrogens with one attached hydrogen (secondary N) is 1. The largest absolute Gasteiger partial charge is 0.338 e. The number of aromatic nitrogens is 1. The van der Waals surface area contributed by atoms with Crippen molar-refractivity contribution in [3.63, 3.8) is 0 Å². The molecule has 0 aliphatic carbocycles. The van der Waals surface area contributed by atoms with E-state index >= 15 is 0 Å². The van der Waals surface area contributed by atoms with E-state index in [1.165, 1.54) is 0 Å². The van der Waals surface area contributed by atoms with Crippen molar-refractivity contribution >= 4 is 45.7 Å². The summed E-state index contributed by atoms with van der Waals surface area (Å²) in [5.41, 5.74) is 3.80. The lowest BCUT2D eigenvalue weighted by molar-refractivity contribution is -0.117. The Labute approximate surface area is 162 Å². The van der Waals surface area contributed by atoms with E-state index in [4.69, 9.17) is 11.6 Å². The van der Waals surface area contributed by atoms with Crippen molar-refractivity contribution in [3.05, 3.63) is 58.7 Å². The predicted octanol–water partition coefficient (Wildman–Crippen LogP) is 4.52. The number of carbonyl (C=O) groups is 2. The highest BCUT2D eigenvalue weighted by atomic mass is 35.5. The summed E-state index contributed by atoms with van der Waals surface area (Å²) < 4.78 is 1.86. The number of fused-ring (bicyclic) bond motifs is 1. The number of rotatable bonds is 3. The fourth-order valence-corrected chi connectivity index (χ4v) is 3.90. The number of carbonyl (C=O) groups excluding carboxylic acids is 2. The highest BCUT2D eigenvalue weighted by Crippen LogP contribution is 2.37. The molecule has 2 amide bonds. The normalized spacial score (nSPS) is 14.2. The van der Waals surface area contributed by atoms with Gasteiger partial charge in [0.1, 0.15) is 5.69 Å². The van der Waals surface area contributed by atoms with Gasteiger partial charge in [-0.05, 0) is 43.7 Å². The maximum Gasteiger partial charge on any atom is 0.274 e. The van der Waals surface area contributed by atoms with Crippen LogP contribution in [-0.4, -0.2) is 22.9 Å². The van der Waals surface area contributed by atoms with Crippen molar-refractivity contribution < 1.29 is 9.59 Å². The standard InChI is InChI=1S/C21H20ClN3O2/c1-13-8-9-17-16(11-13)19(25-10-4-7-18(25)26)20(24(17)2)21(27)23-15-6-3-5-14(22)12-15/h3,5-6,8-9,11-12H,4,7,10H2,1-2H3,(H,23,27). The fraction of sp³-hybridized carbons (Fsp3) is 0.238. The summed E-state index contributed by atoms with van der Waals surface area (Å²) in [5, 5.41) is 4.38. The van der Waals surface area contributed by atoms with Gasteiger partial charge in [0.05, 0.1) is 11.2 Å². The average Bonchev–Trinajstić information content (AvgIpc) is 3.15. The molecule has 2 heterocycles. The van der Waals surface area contributed by atoms with E-state index in [9.17, 15) is 9.59 Å². The first-order valence-corrected chi connectivity index (χ1v) is 9.30. The number of hydrogen-bond donors (Lipinski definition) is 1. The molecule has 5 nitrogen and oxygen atoms in total. The molecule has 138 valence electrons. The molecule has 1 aliphatic heterocycles. The van der Waals surface area contributed by atoms with Crippen LogP contribution in [0.3, 0.4) is 0 Å². The van der Waals surface area contributed by atoms with Gasteiger partial charge in [-0.1, -0.05) is 29.3 Å². The molecule has 1 fully saturated rings. The molecule has 1 aliphatic rings. The summed E-state index contributed by atoms with van der Waals surface area (Å²) in [6.45, 7) is 2.64. The maximum absolute atomic E-state index is 13.2. The summed E-state index contributed by atoms with van der Waals surface area (Å²) in [5.74, 6) is -0.205. The van der Waals surface area contributed by atoms with Gasteiger partial charge in [-0.15, -0.1) is 0 Å². The minimum Gasteiger partial charge on any atom is -0.338 e. The predicted molar refractivity (Wildman–Crippen MR) is 109 cm³/mol. The van der Waals surface area contributed by atoms with Crippen LogP contribution in [0.5, 0.6) is 0 Å². The van der Waals surface area contributed by atoms with Crippen LogP contribution in [0.25, 0.3) is 10.9 Å². The minimum atomic E-state index is -0.261. The van der Waals surface area contributed by atoms with Crippen LogP contribution in [-0.2, 0) is 11.8 Å². The summed E-state index contributed by atoms with van der Waals surface area (Å²) >= 11 is 6.03. The van der Waals surface area contributed by atoms with E-state index in [-0.39, 0.29) is 11.8 Å². The maximum atomic E-state index is 13.2. The summed E-state index contributed by atoms with van der Waals surface area (Å²) in [7, 11) is 1.86. The molecule has 2 aromatic carbocycles. The van der Waals surface area contributed by atoms with Gasteiger partial charge in [0.2, 0.25) is 5.91 Å². The molecule has 0 saturated carbocycles. The van der Waals surface area contributed by atoms with Crippen molar-refractivity contribution in [2.24, 2.45) is 7.05 Å². The first-order chi connectivity index (χ1) is 13.0. The highest BCUT2D eigenvalue weighted by Gasteiger charge is 2.31. The number of hydrogen-bond acceptors (Lipinski definition) is 2. The molecule has 4 rings (SSSR count). The number of aryl methyl sites for hydroxylation is 2. The number of halogens is 1. The van der Waals surface area contributed by atoms with Crippen LogP contribution in [0, 0.1) is 6.92 Å². The molecule has 0 bridgehead atoms. The smallest absolute Gasteiger partial charge is 0.274 e. The van der Waals surface area contributed by atoms with Gasteiger partial charge in [-0.25, -0.2) is 0 Å². The Balaban J connectivity index is 1.87. The van der Waals surface area contributed by atoms with Gasteiger partial charge >= 0.3 is 0 Å². The summed E-state index contributed by atoms with van der Waals surface area (Å²) in [6, 6.07) is 13.1. The van der Waals surface area contributed by atoms with Crippen LogP contribution < -0.4 is 10.2 Å². The van der Waals surface area contributed by atoms with E-state index in [1.54, 1.807) is 29.2 Å². The van der Waals surface area contributed by atoms with Crippen LogP contribution in [0.2, 0.25) is 5.02 Å².